The topological polar surface area (TPSA) is 49.4 Å². The highest BCUT2D eigenvalue weighted by Gasteiger charge is 2.55. The number of nitrogens with one attached hydrogen (secondary N) is 1. The van der Waals surface area contributed by atoms with Crippen LogP contribution in [0.1, 0.15) is 38.3 Å². The molecule has 2 aliphatic rings. The Balaban J connectivity index is 1.97. The van der Waals surface area contributed by atoms with Gasteiger partial charge in [0.25, 0.3) is 0 Å². The van der Waals surface area contributed by atoms with Gasteiger partial charge in [0.15, 0.2) is 0 Å². The number of piperazine rings is 1. The molecule has 0 spiro atoms. The quantitative estimate of drug-likeness (QED) is 0.913. The van der Waals surface area contributed by atoms with Crippen LogP contribution in [0.5, 0.6) is 0 Å². The molecule has 1 aliphatic carbocycles. The molecule has 1 aliphatic heterocycles. The Morgan fingerprint density at radius 1 is 1.25 bits per heavy atom. The number of hydrogen-bond acceptors (Lipinski definition) is 2. The van der Waals surface area contributed by atoms with E-state index in [-0.39, 0.29) is 11.8 Å². The number of hydrogen-bond donors (Lipinski definition) is 1. The maximum atomic E-state index is 12.8. The van der Waals surface area contributed by atoms with Gasteiger partial charge in [-0.05, 0) is 38.2 Å². The molecule has 2 unspecified atom stereocenters. The SMILES string of the molecule is CCN1C(=O)C(C)(C2CC2)NC(=O)C1c1ccccc1. The Kier molecular flexibility index (Phi) is 3.04. The summed E-state index contributed by atoms with van der Waals surface area (Å²) < 4.78 is 0. The molecule has 0 radical (unpaired) electrons. The lowest BCUT2D eigenvalue weighted by molar-refractivity contribution is -0.155. The van der Waals surface area contributed by atoms with Crippen molar-refractivity contribution in [2.75, 3.05) is 6.54 Å². The normalized spacial score (nSPS) is 30.3. The second-order valence-corrected chi connectivity index (χ2v) is 5.87. The number of amides is 2. The molecule has 2 fully saturated rings. The third kappa shape index (κ3) is 1.90. The van der Waals surface area contributed by atoms with Gasteiger partial charge in [-0.25, -0.2) is 0 Å². The minimum atomic E-state index is -0.710. The molecule has 1 N–H and O–H groups in total. The fraction of sp³-hybridized carbons (Fsp3) is 0.500. The summed E-state index contributed by atoms with van der Waals surface area (Å²) in [4.78, 5) is 27.1. The molecule has 0 aromatic heterocycles. The van der Waals surface area contributed by atoms with E-state index in [1.165, 1.54) is 0 Å². The van der Waals surface area contributed by atoms with E-state index in [0.29, 0.717) is 12.5 Å². The maximum absolute atomic E-state index is 12.8. The summed E-state index contributed by atoms with van der Waals surface area (Å²) in [5.41, 5.74) is 0.163. The van der Waals surface area contributed by atoms with Gasteiger partial charge in [0, 0.05) is 6.54 Å². The number of carbonyl (C=O) groups is 2. The van der Waals surface area contributed by atoms with Crippen LogP contribution in [0.3, 0.4) is 0 Å². The van der Waals surface area contributed by atoms with Gasteiger partial charge >= 0.3 is 0 Å². The molecule has 3 rings (SSSR count). The molecule has 1 saturated carbocycles. The minimum Gasteiger partial charge on any atom is -0.340 e. The van der Waals surface area contributed by atoms with Crippen LogP contribution in [-0.4, -0.2) is 28.8 Å². The first-order valence-corrected chi connectivity index (χ1v) is 7.26. The lowest BCUT2D eigenvalue weighted by Crippen LogP contribution is -2.67. The van der Waals surface area contributed by atoms with Crippen LogP contribution in [-0.2, 0) is 9.59 Å². The summed E-state index contributed by atoms with van der Waals surface area (Å²) in [5, 5.41) is 2.99. The predicted octanol–water partition coefficient (Wildman–Crippen LogP) is 1.87. The Morgan fingerprint density at radius 3 is 2.45 bits per heavy atom. The summed E-state index contributed by atoms with van der Waals surface area (Å²) in [6.07, 6.45) is 2.05. The van der Waals surface area contributed by atoms with Crippen LogP contribution in [0.4, 0.5) is 0 Å². The smallest absolute Gasteiger partial charge is 0.249 e. The third-order valence-corrected chi connectivity index (χ3v) is 4.50. The van der Waals surface area contributed by atoms with E-state index in [1.54, 1.807) is 4.90 Å². The number of likely N-dealkylation sites (N-methyl/N-ethyl adjacent to an activating group) is 1. The van der Waals surface area contributed by atoms with Crippen LogP contribution in [0, 0.1) is 5.92 Å². The number of nitrogens with zero attached hydrogens (tertiary/aromatic N) is 1. The molecule has 20 heavy (non-hydrogen) atoms. The zero-order valence-electron chi connectivity index (χ0n) is 11.9. The molecule has 2 atom stereocenters. The van der Waals surface area contributed by atoms with Gasteiger partial charge in [-0.15, -0.1) is 0 Å². The second kappa shape index (κ2) is 4.62. The standard InChI is InChI=1S/C16H20N2O2/c1-3-18-13(11-7-5-4-6-8-11)14(19)17-16(2,15(18)20)12-9-10-12/h4-8,12-13H,3,9-10H2,1-2H3,(H,17,19). The molecule has 0 bridgehead atoms. The van der Waals surface area contributed by atoms with Crippen molar-refractivity contribution < 1.29 is 9.59 Å². The number of carbonyl (C=O) groups excluding carboxylic acids is 2. The zero-order chi connectivity index (χ0) is 14.3. The summed E-state index contributed by atoms with van der Waals surface area (Å²) in [6.45, 7) is 4.35. The van der Waals surface area contributed by atoms with E-state index in [9.17, 15) is 9.59 Å². The zero-order valence-corrected chi connectivity index (χ0v) is 11.9. The van der Waals surface area contributed by atoms with Crippen LogP contribution < -0.4 is 5.32 Å². The summed E-state index contributed by atoms with van der Waals surface area (Å²) in [7, 11) is 0. The van der Waals surface area contributed by atoms with Gasteiger partial charge in [-0.2, -0.15) is 0 Å². The van der Waals surface area contributed by atoms with Crippen molar-refractivity contribution in [2.24, 2.45) is 5.92 Å². The molecular formula is C16H20N2O2. The fourth-order valence-corrected chi connectivity index (χ4v) is 3.17. The molecule has 1 saturated heterocycles. The molecule has 106 valence electrons. The molecule has 1 aromatic carbocycles. The summed E-state index contributed by atoms with van der Waals surface area (Å²) in [5.74, 6) is 0.285. The lowest BCUT2D eigenvalue weighted by atomic mass is 9.87. The molecule has 4 heteroatoms. The molecule has 2 amide bonds. The highest BCUT2D eigenvalue weighted by atomic mass is 16.2. The Labute approximate surface area is 119 Å². The van der Waals surface area contributed by atoms with Crippen molar-refractivity contribution in [1.29, 1.82) is 0 Å². The molecule has 1 aromatic rings. The highest BCUT2D eigenvalue weighted by molar-refractivity contribution is 6.00. The van der Waals surface area contributed by atoms with Gasteiger partial charge in [0.2, 0.25) is 11.8 Å². The monoisotopic (exact) mass is 272 g/mol. The van der Waals surface area contributed by atoms with Crippen LogP contribution in [0.15, 0.2) is 30.3 Å². The number of rotatable bonds is 3. The van der Waals surface area contributed by atoms with E-state index < -0.39 is 11.6 Å². The van der Waals surface area contributed by atoms with Crippen molar-refractivity contribution in [3.63, 3.8) is 0 Å². The van der Waals surface area contributed by atoms with Gasteiger partial charge in [-0.3, -0.25) is 9.59 Å². The van der Waals surface area contributed by atoms with Crippen molar-refractivity contribution in [2.45, 2.75) is 38.3 Å². The van der Waals surface area contributed by atoms with Crippen LogP contribution in [0.2, 0.25) is 0 Å². The second-order valence-electron chi connectivity index (χ2n) is 5.87. The highest BCUT2D eigenvalue weighted by Crippen LogP contribution is 2.43. The first kappa shape index (κ1) is 13.2. The minimum absolute atomic E-state index is 0.0518. The van der Waals surface area contributed by atoms with Crippen molar-refractivity contribution in [3.05, 3.63) is 35.9 Å². The Hall–Kier alpha value is -1.84. The largest absolute Gasteiger partial charge is 0.340 e. The summed E-state index contributed by atoms with van der Waals surface area (Å²) in [6, 6.07) is 9.02. The predicted molar refractivity (Wildman–Crippen MR) is 75.8 cm³/mol. The van der Waals surface area contributed by atoms with E-state index in [1.807, 2.05) is 44.2 Å². The Bertz CT molecular complexity index is 539. The summed E-state index contributed by atoms with van der Waals surface area (Å²) >= 11 is 0. The average Bonchev–Trinajstić information content (AvgIpc) is 3.28. The van der Waals surface area contributed by atoms with Crippen LogP contribution in [0.25, 0.3) is 0 Å². The van der Waals surface area contributed by atoms with Gasteiger partial charge in [-0.1, -0.05) is 30.3 Å². The first-order valence-electron chi connectivity index (χ1n) is 7.26. The Morgan fingerprint density at radius 2 is 1.90 bits per heavy atom. The van der Waals surface area contributed by atoms with Crippen molar-refractivity contribution in [3.8, 4) is 0 Å². The maximum Gasteiger partial charge on any atom is 0.249 e. The van der Waals surface area contributed by atoms with E-state index in [0.717, 1.165) is 18.4 Å². The molecule has 4 nitrogen and oxygen atoms in total. The van der Waals surface area contributed by atoms with Crippen LogP contribution >= 0.6 is 0 Å². The van der Waals surface area contributed by atoms with Crippen molar-refractivity contribution >= 4 is 11.8 Å². The average molecular weight is 272 g/mol. The van der Waals surface area contributed by atoms with Crippen molar-refractivity contribution in [1.82, 2.24) is 10.2 Å². The molecule has 1 heterocycles. The lowest BCUT2D eigenvalue weighted by Gasteiger charge is -2.44. The number of benzene rings is 1. The third-order valence-electron chi connectivity index (χ3n) is 4.50. The molecular weight excluding hydrogens is 252 g/mol. The van der Waals surface area contributed by atoms with Gasteiger partial charge < -0.3 is 10.2 Å². The van der Waals surface area contributed by atoms with Gasteiger partial charge in [0.05, 0.1) is 0 Å². The fourth-order valence-electron chi connectivity index (χ4n) is 3.17. The van der Waals surface area contributed by atoms with Gasteiger partial charge in [0.1, 0.15) is 11.6 Å². The van der Waals surface area contributed by atoms with E-state index in [4.69, 9.17) is 0 Å². The van der Waals surface area contributed by atoms with E-state index in [2.05, 4.69) is 5.32 Å². The van der Waals surface area contributed by atoms with E-state index >= 15 is 0 Å². The first-order chi connectivity index (χ1) is 9.58.